The molecule has 4 heteroatoms. The Kier molecular flexibility index (Phi) is 4.45. The molecule has 1 fully saturated rings. The third-order valence-corrected chi connectivity index (χ3v) is 6.92. The lowest BCUT2D eigenvalue weighted by atomic mass is 10.3. The topological polar surface area (TPSA) is 9.23 Å². The highest BCUT2D eigenvalue weighted by atomic mass is 32.2. The first-order valence-electron chi connectivity index (χ1n) is 5.19. The summed E-state index contributed by atoms with van der Waals surface area (Å²) < 4.78 is 6.62. The molecule has 1 saturated carbocycles. The van der Waals surface area contributed by atoms with Crippen molar-refractivity contribution in [2.75, 3.05) is 12.5 Å². The Hall–Kier alpha value is 0.877. The summed E-state index contributed by atoms with van der Waals surface area (Å²) in [7, 11) is -1.33. The third kappa shape index (κ3) is 3.47. The van der Waals surface area contributed by atoms with Gasteiger partial charge in [-0.2, -0.15) is 0 Å². The number of hydrogen-bond acceptors (Lipinski definition) is 3. The van der Waals surface area contributed by atoms with Crippen molar-refractivity contribution in [2.45, 2.75) is 49.1 Å². The van der Waals surface area contributed by atoms with Crippen molar-refractivity contribution in [3.05, 3.63) is 0 Å². The molecule has 0 aliphatic heterocycles. The van der Waals surface area contributed by atoms with Crippen LogP contribution in [0.4, 0.5) is 0 Å². The predicted molar refractivity (Wildman–Crippen MR) is 71.8 cm³/mol. The fraction of sp³-hybridized carbons (Fsp3) is 1.00. The molecular formula is C10H22OS2Si. The van der Waals surface area contributed by atoms with Crippen LogP contribution in [0, 0.1) is 0 Å². The zero-order valence-corrected chi connectivity index (χ0v) is 12.6. The van der Waals surface area contributed by atoms with Gasteiger partial charge in [0.05, 0.1) is 4.08 Å². The van der Waals surface area contributed by atoms with Crippen molar-refractivity contribution < 1.29 is 4.43 Å². The minimum Gasteiger partial charge on any atom is -0.415 e. The van der Waals surface area contributed by atoms with Gasteiger partial charge in [0.25, 0.3) is 0 Å². The summed E-state index contributed by atoms with van der Waals surface area (Å²) >= 11 is 4.02. The lowest BCUT2D eigenvalue weighted by Crippen LogP contribution is -2.31. The van der Waals surface area contributed by atoms with E-state index in [4.69, 9.17) is 4.43 Å². The molecule has 0 aromatic rings. The van der Waals surface area contributed by atoms with E-state index >= 15 is 0 Å². The van der Waals surface area contributed by atoms with Crippen molar-refractivity contribution in [3.63, 3.8) is 0 Å². The van der Waals surface area contributed by atoms with E-state index in [1.807, 2.05) is 23.5 Å². The highest BCUT2D eigenvalue weighted by molar-refractivity contribution is 8.17. The van der Waals surface area contributed by atoms with Gasteiger partial charge in [0.1, 0.15) is 0 Å². The molecule has 0 aromatic carbocycles. The lowest BCUT2D eigenvalue weighted by Gasteiger charge is -2.27. The molecule has 1 rings (SSSR count). The quantitative estimate of drug-likeness (QED) is 0.555. The Bertz CT molecular complexity index is 187. The van der Waals surface area contributed by atoms with Crippen LogP contribution in [0.3, 0.4) is 0 Å². The van der Waals surface area contributed by atoms with Gasteiger partial charge in [-0.3, -0.25) is 0 Å². The molecule has 1 aliphatic rings. The summed E-state index contributed by atoms with van der Waals surface area (Å²) in [6.45, 7) is 6.85. The van der Waals surface area contributed by atoms with Crippen LogP contribution in [0.25, 0.3) is 0 Å². The maximum absolute atomic E-state index is 6.17. The maximum Gasteiger partial charge on any atom is 0.184 e. The van der Waals surface area contributed by atoms with Gasteiger partial charge >= 0.3 is 0 Å². The third-order valence-electron chi connectivity index (χ3n) is 2.65. The van der Waals surface area contributed by atoms with Crippen LogP contribution in [0.1, 0.15) is 19.3 Å². The van der Waals surface area contributed by atoms with Gasteiger partial charge in [0, 0.05) is 6.10 Å². The summed E-state index contributed by atoms with van der Waals surface area (Å²) in [5.41, 5.74) is 0. The molecule has 0 amide bonds. The van der Waals surface area contributed by atoms with Crippen molar-refractivity contribution in [1.29, 1.82) is 0 Å². The standard InChI is InChI=1S/C10H22OS2Si/c1-12-10(13-2)7-6-9(8-10)11-14(3,4)5/h9H,6-8H2,1-5H3. The predicted octanol–water partition coefficient (Wildman–Crippen LogP) is 3.81. The van der Waals surface area contributed by atoms with Crippen molar-refractivity contribution in [1.82, 2.24) is 0 Å². The highest BCUT2D eigenvalue weighted by Gasteiger charge is 2.39. The van der Waals surface area contributed by atoms with Crippen LogP contribution in [0.15, 0.2) is 0 Å². The zero-order valence-electron chi connectivity index (χ0n) is 9.92. The number of thioether (sulfide) groups is 2. The molecule has 0 radical (unpaired) electrons. The van der Waals surface area contributed by atoms with Crippen LogP contribution in [0.5, 0.6) is 0 Å². The Morgan fingerprint density at radius 1 is 1.21 bits per heavy atom. The minimum atomic E-state index is -1.33. The van der Waals surface area contributed by atoms with Gasteiger partial charge in [-0.1, -0.05) is 0 Å². The molecule has 0 saturated heterocycles. The Labute approximate surface area is 97.9 Å². The van der Waals surface area contributed by atoms with E-state index in [1.165, 1.54) is 19.3 Å². The first-order valence-corrected chi connectivity index (χ1v) is 11.0. The van der Waals surface area contributed by atoms with Crippen LogP contribution in [0.2, 0.25) is 19.6 Å². The molecule has 84 valence electrons. The largest absolute Gasteiger partial charge is 0.415 e. The highest BCUT2D eigenvalue weighted by Crippen LogP contribution is 2.48. The van der Waals surface area contributed by atoms with E-state index in [-0.39, 0.29) is 0 Å². The van der Waals surface area contributed by atoms with Crippen LogP contribution in [-0.4, -0.2) is 31.0 Å². The van der Waals surface area contributed by atoms with E-state index in [0.29, 0.717) is 10.2 Å². The summed E-state index contributed by atoms with van der Waals surface area (Å²) in [5.74, 6) is 0. The first-order chi connectivity index (χ1) is 6.41. The molecule has 0 aromatic heterocycles. The van der Waals surface area contributed by atoms with Gasteiger partial charge in [-0.15, -0.1) is 23.5 Å². The van der Waals surface area contributed by atoms with E-state index in [0.717, 1.165) is 0 Å². The monoisotopic (exact) mass is 250 g/mol. The molecule has 1 unspecified atom stereocenters. The molecule has 0 N–H and O–H groups in total. The second kappa shape index (κ2) is 4.81. The molecule has 1 aliphatic carbocycles. The average Bonchev–Trinajstić information content (AvgIpc) is 2.46. The van der Waals surface area contributed by atoms with Crippen molar-refractivity contribution in [2.24, 2.45) is 0 Å². The minimum absolute atomic E-state index is 0.449. The Morgan fingerprint density at radius 2 is 1.79 bits per heavy atom. The van der Waals surface area contributed by atoms with Crippen molar-refractivity contribution in [3.8, 4) is 0 Å². The molecule has 0 bridgehead atoms. The van der Waals surface area contributed by atoms with Gasteiger partial charge < -0.3 is 4.43 Å². The first kappa shape index (κ1) is 12.9. The van der Waals surface area contributed by atoms with Crippen LogP contribution >= 0.6 is 23.5 Å². The summed E-state index contributed by atoms with van der Waals surface area (Å²) in [6, 6.07) is 0. The SMILES string of the molecule is CSC1(SC)CCC(O[Si](C)(C)C)C1. The van der Waals surface area contributed by atoms with Gasteiger partial charge in [0.15, 0.2) is 8.32 Å². The molecule has 1 nitrogen and oxygen atoms in total. The number of rotatable bonds is 4. The lowest BCUT2D eigenvalue weighted by molar-refractivity contribution is 0.202. The van der Waals surface area contributed by atoms with E-state index in [1.54, 1.807) is 0 Å². The van der Waals surface area contributed by atoms with Crippen molar-refractivity contribution >= 4 is 31.8 Å². The van der Waals surface area contributed by atoms with Crippen LogP contribution in [-0.2, 0) is 4.43 Å². The fourth-order valence-electron chi connectivity index (χ4n) is 1.99. The van der Waals surface area contributed by atoms with Gasteiger partial charge in [-0.05, 0) is 51.4 Å². The van der Waals surface area contributed by atoms with Crippen LogP contribution < -0.4 is 0 Å². The second-order valence-corrected chi connectivity index (χ2v) is 12.0. The Balaban J connectivity index is 2.48. The molecule has 0 spiro atoms. The zero-order chi connectivity index (χ0) is 10.8. The fourth-order valence-corrected chi connectivity index (χ4v) is 5.20. The normalized spacial score (nSPS) is 26.8. The van der Waals surface area contributed by atoms with E-state index < -0.39 is 8.32 Å². The second-order valence-electron chi connectivity index (χ2n) is 4.91. The molecule has 14 heavy (non-hydrogen) atoms. The summed E-state index contributed by atoms with van der Waals surface area (Å²) in [5, 5.41) is 0. The molecular weight excluding hydrogens is 228 g/mol. The average molecular weight is 251 g/mol. The maximum atomic E-state index is 6.17. The Morgan fingerprint density at radius 3 is 2.14 bits per heavy atom. The summed E-state index contributed by atoms with van der Waals surface area (Å²) in [6.07, 6.45) is 8.79. The van der Waals surface area contributed by atoms with E-state index in [9.17, 15) is 0 Å². The number of hydrogen-bond donors (Lipinski definition) is 0. The van der Waals surface area contributed by atoms with E-state index in [2.05, 4.69) is 32.2 Å². The summed E-state index contributed by atoms with van der Waals surface area (Å²) in [4.78, 5) is 0. The molecule has 1 atom stereocenters. The van der Waals surface area contributed by atoms with Gasteiger partial charge in [0.2, 0.25) is 0 Å². The smallest absolute Gasteiger partial charge is 0.184 e. The molecule has 0 heterocycles. The van der Waals surface area contributed by atoms with Gasteiger partial charge in [-0.25, -0.2) is 0 Å².